The lowest BCUT2D eigenvalue weighted by molar-refractivity contribution is 0.0851. The lowest BCUT2D eigenvalue weighted by Crippen LogP contribution is -2.12. The molecule has 0 saturated heterocycles. The van der Waals surface area contributed by atoms with Crippen LogP contribution in [0.2, 0.25) is 0 Å². The number of carbonyl (C=O) groups excluding carboxylic acids is 3. The van der Waals surface area contributed by atoms with Crippen molar-refractivity contribution < 1.29 is 14.4 Å². The predicted molar refractivity (Wildman–Crippen MR) is 78.7 cm³/mol. The number of Topliss-reactive ketones (excluding diaryl/α,β-unsaturated/α-hetero) is 2. The van der Waals surface area contributed by atoms with E-state index in [1.54, 1.807) is 49.4 Å². The van der Waals surface area contributed by atoms with Crippen LogP contribution in [0.1, 0.15) is 38.0 Å². The third-order valence-electron chi connectivity index (χ3n) is 3.63. The van der Waals surface area contributed by atoms with Crippen molar-refractivity contribution in [3.63, 3.8) is 0 Å². The van der Waals surface area contributed by atoms with Gasteiger partial charge in [-0.15, -0.1) is 0 Å². The van der Waals surface area contributed by atoms with Crippen molar-refractivity contribution >= 4 is 23.2 Å². The molecule has 0 fully saturated rings. The molecule has 0 bridgehead atoms. The SMILES string of the molecule is CC1C(=O)c2ccc(NC(=O)c3ccccc3)cc2C1=O. The molecule has 1 aliphatic carbocycles. The summed E-state index contributed by atoms with van der Waals surface area (Å²) in [4.78, 5) is 35.9. The average molecular weight is 279 g/mol. The van der Waals surface area contributed by atoms with Crippen LogP contribution in [-0.2, 0) is 0 Å². The van der Waals surface area contributed by atoms with E-state index in [1.807, 2.05) is 6.07 Å². The van der Waals surface area contributed by atoms with E-state index >= 15 is 0 Å². The molecule has 2 aromatic carbocycles. The molecule has 4 nitrogen and oxygen atoms in total. The molecule has 0 aliphatic heterocycles. The number of rotatable bonds is 2. The maximum absolute atomic E-state index is 12.1. The van der Waals surface area contributed by atoms with E-state index in [4.69, 9.17) is 0 Å². The number of hydrogen-bond donors (Lipinski definition) is 1. The van der Waals surface area contributed by atoms with Gasteiger partial charge in [-0.25, -0.2) is 0 Å². The number of hydrogen-bond acceptors (Lipinski definition) is 3. The van der Waals surface area contributed by atoms with Crippen molar-refractivity contribution in [3.05, 3.63) is 65.2 Å². The van der Waals surface area contributed by atoms with Gasteiger partial charge in [-0.3, -0.25) is 14.4 Å². The van der Waals surface area contributed by atoms with E-state index in [9.17, 15) is 14.4 Å². The first-order valence-electron chi connectivity index (χ1n) is 6.67. The molecule has 1 N–H and O–H groups in total. The summed E-state index contributed by atoms with van der Waals surface area (Å²) in [6.07, 6.45) is 0. The largest absolute Gasteiger partial charge is 0.322 e. The number of ketones is 2. The highest BCUT2D eigenvalue weighted by molar-refractivity contribution is 6.26. The summed E-state index contributed by atoms with van der Waals surface area (Å²) in [7, 11) is 0. The predicted octanol–water partition coefficient (Wildman–Crippen LogP) is 2.95. The topological polar surface area (TPSA) is 63.2 Å². The fourth-order valence-electron chi connectivity index (χ4n) is 2.42. The van der Waals surface area contributed by atoms with Crippen molar-refractivity contribution in [2.45, 2.75) is 6.92 Å². The second-order valence-corrected chi connectivity index (χ2v) is 5.03. The maximum atomic E-state index is 12.1. The number of nitrogens with one attached hydrogen (secondary N) is 1. The van der Waals surface area contributed by atoms with Gasteiger partial charge in [-0.1, -0.05) is 18.2 Å². The van der Waals surface area contributed by atoms with E-state index in [-0.39, 0.29) is 17.5 Å². The van der Waals surface area contributed by atoms with Gasteiger partial charge in [0.2, 0.25) is 0 Å². The van der Waals surface area contributed by atoms with Crippen LogP contribution in [0.4, 0.5) is 5.69 Å². The van der Waals surface area contributed by atoms with Crippen LogP contribution < -0.4 is 5.32 Å². The van der Waals surface area contributed by atoms with Gasteiger partial charge in [0.15, 0.2) is 11.6 Å². The van der Waals surface area contributed by atoms with Gasteiger partial charge in [-0.2, -0.15) is 0 Å². The lowest BCUT2D eigenvalue weighted by atomic mass is 10.1. The van der Waals surface area contributed by atoms with Crippen LogP contribution in [0.15, 0.2) is 48.5 Å². The summed E-state index contributed by atoms with van der Waals surface area (Å²) in [5, 5.41) is 2.74. The molecule has 1 amide bonds. The van der Waals surface area contributed by atoms with Gasteiger partial charge in [0.1, 0.15) is 0 Å². The van der Waals surface area contributed by atoms with Gasteiger partial charge in [0.25, 0.3) is 5.91 Å². The Kier molecular flexibility index (Phi) is 3.14. The van der Waals surface area contributed by atoms with E-state index < -0.39 is 5.92 Å². The Morgan fingerprint density at radius 2 is 1.62 bits per heavy atom. The molecule has 1 unspecified atom stereocenters. The minimum absolute atomic E-state index is 0.157. The molecule has 104 valence electrons. The summed E-state index contributed by atoms with van der Waals surface area (Å²) in [6.45, 7) is 1.60. The standard InChI is InChI=1S/C17H13NO3/c1-10-15(19)13-8-7-12(9-14(13)16(10)20)18-17(21)11-5-3-2-4-6-11/h2-10H,1H3,(H,18,21). The Balaban J connectivity index is 1.88. The van der Waals surface area contributed by atoms with Crippen LogP contribution in [-0.4, -0.2) is 17.5 Å². The van der Waals surface area contributed by atoms with Gasteiger partial charge in [-0.05, 0) is 37.3 Å². The third kappa shape index (κ3) is 2.25. The first kappa shape index (κ1) is 13.2. The van der Waals surface area contributed by atoms with Crippen LogP contribution in [0, 0.1) is 5.92 Å². The normalized spacial score (nSPS) is 16.7. The number of amides is 1. The Bertz CT molecular complexity index is 750. The Morgan fingerprint density at radius 1 is 0.952 bits per heavy atom. The minimum Gasteiger partial charge on any atom is -0.322 e. The van der Waals surface area contributed by atoms with E-state index in [1.165, 1.54) is 0 Å². The second-order valence-electron chi connectivity index (χ2n) is 5.03. The Hall–Kier alpha value is -2.75. The lowest BCUT2D eigenvalue weighted by Gasteiger charge is -2.06. The fourth-order valence-corrected chi connectivity index (χ4v) is 2.42. The summed E-state index contributed by atoms with van der Waals surface area (Å²) in [5.41, 5.74) is 1.87. The molecule has 2 aromatic rings. The van der Waals surface area contributed by atoms with Gasteiger partial charge in [0, 0.05) is 22.4 Å². The zero-order valence-corrected chi connectivity index (χ0v) is 11.4. The highest BCUT2D eigenvalue weighted by Crippen LogP contribution is 2.29. The van der Waals surface area contributed by atoms with Crippen molar-refractivity contribution in [2.24, 2.45) is 5.92 Å². The van der Waals surface area contributed by atoms with Gasteiger partial charge >= 0.3 is 0 Å². The molecule has 0 saturated carbocycles. The van der Waals surface area contributed by atoms with Crippen LogP contribution in [0.25, 0.3) is 0 Å². The highest BCUT2D eigenvalue weighted by Gasteiger charge is 2.35. The van der Waals surface area contributed by atoms with Crippen LogP contribution in [0.3, 0.4) is 0 Å². The minimum atomic E-state index is -0.625. The number of fused-ring (bicyclic) bond motifs is 1. The zero-order chi connectivity index (χ0) is 15.0. The van der Waals surface area contributed by atoms with Crippen molar-refractivity contribution in [3.8, 4) is 0 Å². The Morgan fingerprint density at radius 3 is 2.33 bits per heavy atom. The summed E-state index contributed by atoms with van der Waals surface area (Å²) in [5.74, 6) is -1.22. The average Bonchev–Trinajstić information content (AvgIpc) is 2.73. The monoisotopic (exact) mass is 279 g/mol. The molecule has 3 rings (SSSR count). The first-order valence-corrected chi connectivity index (χ1v) is 6.67. The van der Waals surface area contributed by atoms with Crippen LogP contribution >= 0.6 is 0 Å². The molecule has 1 atom stereocenters. The molecular weight excluding hydrogens is 266 g/mol. The fraction of sp³-hybridized carbons (Fsp3) is 0.118. The summed E-state index contributed by atoms with van der Waals surface area (Å²) >= 11 is 0. The number of benzene rings is 2. The van der Waals surface area contributed by atoms with Crippen LogP contribution in [0.5, 0.6) is 0 Å². The van der Waals surface area contributed by atoms with E-state index in [0.717, 1.165) is 0 Å². The first-order chi connectivity index (χ1) is 10.1. The summed E-state index contributed by atoms with van der Waals surface area (Å²) < 4.78 is 0. The third-order valence-corrected chi connectivity index (χ3v) is 3.63. The molecule has 0 heterocycles. The maximum Gasteiger partial charge on any atom is 0.255 e. The molecule has 1 aliphatic rings. The van der Waals surface area contributed by atoms with Gasteiger partial charge < -0.3 is 5.32 Å². The van der Waals surface area contributed by atoms with Crippen molar-refractivity contribution in [1.82, 2.24) is 0 Å². The Labute approximate surface area is 121 Å². The molecule has 4 heteroatoms. The number of carbonyl (C=O) groups is 3. The van der Waals surface area contributed by atoms with Gasteiger partial charge in [0.05, 0.1) is 5.92 Å². The van der Waals surface area contributed by atoms with E-state index in [2.05, 4.69) is 5.32 Å². The smallest absolute Gasteiger partial charge is 0.255 e. The molecule has 21 heavy (non-hydrogen) atoms. The summed E-state index contributed by atoms with van der Waals surface area (Å²) in [6, 6.07) is 13.6. The van der Waals surface area contributed by atoms with Crippen molar-refractivity contribution in [2.75, 3.05) is 5.32 Å². The number of anilines is 1. The molecule has 0 radical (unpaired) electrons. The molecular formula is C17H13NO3. The van der Waals surface area contributed by atoms with E-state index in [0.29, 0.717) is 22.4 Å². The highest BCUT2D eigenvalue weighted by atomic mass is 16.2. The van der Waals surface area contributed by atoms with Crippen molar-refractivity contribution in [1.29, 1.82) is 0 Å². The quantitative estimate of drug-likeness (QED) is 0.860. The zero-order valence-electron chi connectivity index (χ0n) is 11.4. The second kappa shape index (κ2) is 4.98. The molecule has 0 spiro atoms. The molecule has 0 aromatic heterocycles.